The van der Waals surface area contributed by atoms with E-state index in [2.05, 4.69) is 36.1 Å². The van der Waals surface area contributed by atoms with Crippen LogP contribution in [0.2, 0.25) is 0 Å². The number of aliphatic hydroxyl groups is 1. The number of rotatable bonds is 12. The van der Waals surface area contributed by atoms with Crippen LogP contribution in [-0.4, -0.2) is 61.6 Å². The lowest BCUT2D eigenvalue weighted by molar-refractivity contribution is 0.0630. The standard InChI is InChI=1S/C27H33N7O/c28-22-10-14-32-26(15-22)19-34(18-25-9-3-6-13-31-25)21-27(35)20-33(16-23-7-1-4-11-29-23)17-24-8-2-5-12-30-24/h1-15,23,27,29,35H,16-21H2,(H2,28,32). The maximum atomic E-state index is 11.2. The molecule has 4 N–H and O–H groups in total. The first-order valence-electron chi connectivity index (χ1n) is 11.9. The number of nitrogens with one attached hydrogen (secondary N) is 1. The highest BCUT2D eigenvalue weighted by Gasteiger charge is 2.20. The lowest BCUT2D eigenvalue weighted by Crippen LogP contribution is -2.44. The van der Waals surface area contributed by atoms with Gasteiger partial charge in [-0.15, -0.1) is 0 Å². The second-order valence-electron chi connectivity index (χ2n) is 8.76. The zero-order chi connectivity index (χ0) is 24.3. The van der Waals surface area contributed by atoms with Crippen LogP contribution in [0.3, 0.4) is 0 Å². The molecule has 0 spiro atoms. The van der Waals surface area contributed by atoms with Gasteiger partial charge in [0, 0.05) is 63.5 Å². The molecule has 2 unspecified atom stereocenters. The van der Waals surface area contributed by atoms with E-state index in [1.807, 2.05) is 60.8 Å². The fourth-order valence-corrected chi connectivity index (χ4v) is 4.18. The summed E-state index contributed by atoms with van der Waals surface area (Å²) < 4.78 is 0. The van der Waals surface area contributed by atoms with E-state index in [9.17, 15) is 5.11 Å². The highest BCUT2D eigenvalue weighted by atomic mass is 16.3. The number of nitrogens with zero attached hydrogens (tertiary/aromatic N) is 5. The summed E-state index contributed by atoms with van der Waals surface area (Å²) in [6, 6.07) is 15.6. The summed E-state index contributed by atoms with van der Waals surface area (Å²) in [5, 5.41) is 14.6. The minimum Gasteiger partial charge on any atom is -0.399 e. The largest absolute Gasteiger partial charge is 0.399 e. The number of nitrogen functional groups attached to an aromatic ring is 1. The number of pyridine rings is 3. The second-order valence-corrected chi connectivity index (χ2v) is 8.76. The monoisotopic (exact) mass is 471 g/mol. The van der Waals surface area contributed by atoms with Crippen molar-refractivity contribution in [3.05, 3.63) is 109 Å². The first-order chi connectivity index (χ1) is 17.1. The molecular formula is C27H33N7O. The molecule has 0 saturated heterocycles. The summed E-state index contributed by atoms with van der Waals surface area (Å²) in [5.74, 6) is 0. The first kappa shape index (κ1) is 24.5. The van der Waals surface area contributed by atoms with Crippen LogP contribution in [0.1, 0.15) is 17.1 Å². The molecule has 0 bridgehead atoms. The Morgan fingerprint density at radius 2 is 1.49 bits per heavy atom. The van der Waals surface area contributed by atoms with Gasteiger partial charge in [0.25, 0.3) is 0 Å². The molecule has 2 atom stereocenters. The van der Waals surface area contributed by atoms with Crippen LogP contribution in [0.15, 0.2) is 91.5 Å². The maximum Gasteiger partial charge on any atom is 0.0794 e. The Hall–Kier alpha value is -3.59. The third-order valence-corrected chi connectivity index (χ3v) is 5.70. The summed E-state index contributed by atoms with van der Waals surface area (Å²) in [6.07, 6.45) is 12.8. The zero-order valence-corrected chi connectivity index (χ0v) is 19.8. The molecule has 4 heterocycles. The second kappa shape index (κ2) is 12.8. The Kier molecular flexibility index (Phi) is 8.94. The Morgan fingerprint density at radius 3 is 2.11 bits per heavy atom. The highest BCUT2D eigenvalue weighted by molar-refractivity contribution is 5.37. The molecule has 0 amide bonds. The molecule has 1 aliphatic heterocycles. The number of aliphatic hydroxyl groups excluding tert-OH is 1. The summed E-state index contributed by atoms with van der Waals surface area (Å²) in [4.78, 5) is 17.8. The number of nitrogens with two attached hydrogens (primary N) is 1. The van der Waals surface area contributed by atoms with Crippen molar-refractivity contribution in [2.75, 3.05) is 25.4 Å². The molecular weight excluding hydrogens is 438 g/mol. The summed E-state index contributed by atoms with van der Waals surface area (Å²) >= 11 is 0. The van der Waals surface area contributed by atoms with Crippen LogP contribution in [0.5, 0.6) is 0 Å². The lowest BCUT2D eigenvalue weighted by atomic mass is 10.1. The molecule has 35 heavy (non-hydrogen) atoms. The van der Waals surface area contributed by atoms with Crippen molar-refractivity contribution in [2.24, 2.45) is 0 Å². The molecule has 8 heteroatoms. The molecule has 3 aromatic rings. The molecule has 0 fully saturated rings. The third-order valence-electron chi connectivity index (χ3n) is 5.70. The van der Waals surface area contributed by atoms with Crippen LogP contribution in [0, 0.1) is 0 Å². The van der Waals surface area contributed by atoms with Gasteiger partial charge in [0.2, 0.25) is 0 Å². The lowest BCUT2D eigenvalue weighted by Gasteiger charge is -2.31. The van der Waals surface area contributed by atoms with Crippen LogP contribution >= 0.6 is 0 Å². The van der Waals surface area contributed by atoms with Crippen molar-refractivity contribution >= 4 is 5.69 Å². The molecule has 4 rings (SSSR count). The number of anilines is 1. The van der Waals surface area contributed by atoms with Gasteiger partial charge < -0.3 is 16.2 Å². The summed E-state index contributed by atoms with van der Waals surface area (Å²) in [7, 11) is 0. The zero-order valence-electron chi connectivity index (χ0n) is 19.8. The molecule has 0 radical (unpaired) electrons. The van der Waals surface area contributed by atoms with E-state index >= 15 is 0 Å². The molecule has 182 valence electrons. The summed E-state index contributed by atoms with van der Waals surface area (Å²) in [6.45, 7) is 3.56. The Bertz CT molecular complexity index is 1090. The highest BCUT2D eigenvalue weighted by Crippen LogP contribution is 2.12. The molecule has 1 aliphatic rings. The van der Waals surface area contributed by atoms with Gasteiger partial charge in [0.1, 0.15) is 0 Å². The number of dihydropyridines is 1. The van der Waals surface area contributed by atoms with Gasteiger partial charge in [-0.1, -0.05) is 24.3 Å². The Labute approximate surface area is 206 Å². The van der Waals surface area contributed by atoms with Crippen LogP contribution in [-0.2, 0) is 19.6 Å². The van der Waals surface area contributed by atoms with E-state index in [0.717, 1.165) is 23.6 Å². The topological polar surface area (TPSA) is 103 Å². The average molecular weight is 472 g/mol. The van der Waals surface area contributed by atoms with Crippen molar-refractivity contribution in [3.63, 3.8) is 0 Å². The van der Waals surface area contributed by atoms with Crippen LogP contribution in [0.4, 0.5) is 5.69 Å². The maximum absolute atomic E-state index is 11.2. The van der Waals surface area contributed by atoms with E-state index in [-0.39, 0.29) is 6.04 Å². The Balaban J connectivity index is 1.44. The van der Waals surface area contributed by atoms with Crippen LogP contribution in [0.25, 0.3) is 0 Å². The van der Waals surface area contributed by atoms with Crippen molar-refractivity contribution < 1.29 is 5.11 Å². The SMILES string of the molecule is Nc1ccnc(CN(Cc2ccccn2)CC(O)CN(Cc2ccccn2)CC2C=CC=CN2)c1. The number of allylic oxidation sites excluding steroid dienone is 2. The van der Waals surface area contributed by atoms with E-state index in [4.69, 9.17) is 5.73 Å². The van der Waals surface area contributed by atoms with Crippen LogP contribution < -0.4 is 11.1 Å². The molecule has 0 saturated carbocycles. The van der Waals surface area contributed by atoms with Crippen molar-refractivity contribution in [2.45, 2.75) is 31.8 Å². The van der Waals surface area contributed by atoms with Gasteiger partial charge in [-0.25, -0.2) is 0 Å². The minimum atomic E-state index is -0.577. The first-order valence-corrected chi connectivity index (χ1v) is 11.9. The Morgan fingerprint density at radius 1 is 0.829 bits per heavy atom. The van der Waals surface area contributed by atoms with Gasteiger partial charge in [-0.05, 0) is 48.7 Å². The van der Waals surface area contributed by atoms with Crippen molar-refractivity contribution in [1.82, 2.24) is 30.1 Å². The molecule has 0 aliphatic carbocycles. The number of aromatic nitrogens is 3. The van der Waals surface area contributed by atoms with Gasteiger partial charge in [-0.2, -0.15) is 0 Å². The van der Waals surface area contributed by atoms with E-state index in [1.54, 1.807) is 24.7 Å². The molecule has 3 aromatic heterocycles. The van der Waals surface area contributed by atoms with Crippen molar-refractivity contribution in [1.29, 1.82) is 0 Å². The summed E-state index contributed by atoms with van der Waals surface area (Å²) in [5.41, 5.74) is 9.43. The van der Waals surface area contributed by atoms with Gasteiger partial charge in [0.05, 0.1) is 29.2 Å². The minimum absolute atomic E-state index is 0.178. The van der Waals surface area contributed by atoms with E-state index < -0.39 is 6.10 Å². The number of hydrogen-bond donors (Lipinski definition) is 3. The van der Waals surface area contributed by atoms with Crippen molar-refractivity contribution in [3.8, 4) is 0 Å². The molecule has 0 aromatic carbocycles. The van der Waals surface area contributed by atoms with E-state index in [0.29, 0.717) is 38.4 Å². The van der Waals surface area contributed by atoms with Gasteiger partial charge >= 0.3 is 0 Å². The quantitative estimate of drug-likeness (QED) is 0.370. The van der Waals surface area contributed by atoms with E-state index in [1.165, 1.54) is 0 Å². The molecule has 8 nitrogen and oxygen atoms in total. The fraction of sp³-hybridized carbons (Fsp3) is 0.296. The number of hydrogen-bond acceptors (Lipinski definition) is 8. The fourth-order valence-electron chi connectivity index (χ4n) is 4.18. The smallest absolute Gasteiger partial charge is 0.0794 e. The predicted octanol–water partition coefficient (Wildman–Crippen LogP) is 2.36. The predicted molar refractivity (Wildman–Crippen MR) is 138 cm³/mol. The average Bonchev–Trinajstić information content (AvgIpc) is 2.86. The van der Waals surface area contributed by atoms with Gasteiger partial charge in [-0.3, -0.25) is 24.8 Å². The normalized spacial score (nSPS) is 15.9. The van der Waals surface area contributed by atoms with Gasteiger partial charge in [0.15, 0.2) is 0 Å². The third kappa shape index (κ3) is 8.29.